The maximum atomic E-state index is 11.4. The maximum absolute atomic E-state index is 11.4. The fourth-order valence-electron chi connectivity index (χ4n) is 2.05. The zero-order valence-electron chi connectivity index (χ0n) is 11.5. The summed E-state index contributed by atoms with van der Waals surface area (Å²) < 4.78 is 22.9. The number of sulfone groups is 1. The highest BCUT2D eigenvalue weighted by molar-refractivity contribution is 8.23. The van der Waals surface area contributed by atoms with Crippen molar-refractivity contribution in [1.29, 1.82) is 0 Å². The van der Waals surface area contributed by atoms with Gasteiger partial charge in [-0.1, -0.05) is 24.0 Å². The largest absolute Gasteiger partial charge is 0.367 e. The molecule has 1 fully saturated rings. The van der Waals surface area contributed by atoms with E-state index in [9.17, 15) is 28.6 Å². The monoisotopic (exact) mass is 377 g/mol. The number of thiocarbonyl (C=S) groups is 1. The summed E-state index contributed by atoms with van der Waals surface area (Å²) in [5.41, 5.74) is -0.811. The first kappa shape index (κ1) is 17.6. The molecule has 0 saturated carbocycles. The molecule has 0 unspecified atom stereocenters. The van der Waals surface area contributed by atoms with Crippen LogP contribution in [0.15, 0.2) is 23.1 Å². The lowest BCUT2D eigenvalue weighted by Gasteiger charge is -2.12. The average Bonchev–Trinajstić information content (AvgIpc) is 2.77. The summed E-state index contributed by atoms with van der Waals surface area (Å²) in [7, 11) is -3.07. The van der Waals surface area contributed by atoms with Crippen LogP contribution in [-0.2, 0) is 9.84 Å². The minimum Gasteiger partial charge on any atom is -0.367 e. The third kappa shape index (κ3) is 4.59. The zero-order valence-corrected chi connectivity index (χ0v) is 13.9. The molecule has 9 nitrogen and oxygen atoms in total. The fourth-order valence-corrected chi connectivity index (χ4v) is 4.96. The summed E-state index contributed by atoms with van der Waals surface area (Å²) in [5, 5.41) is 24.6. The van der Waals surface area contributed by atoms with Gasteiger partial charge in [0.1, 0.15) is 4.32 Å². The SMILES string of the molecule is O=[N+]([O-])c1ccc(SC(=S)N[C@H]2CCS(=O)(=O)C2)c([N+](=O)[O-])c1. The third-order valence-electron chi connectivity index (χ3n) is 3.11. The number of non-ortho nitro benzene ring substituents is 1. The summed E-state index contributed by atoms with van der Waals surface area (Å²) in [5.74, 6) is 0.0473. The van der Waals surface area contributed by atoms with Gasteiger partial charge in [0.05, 0.1) is 32.3 Å². The Hall–Kier alpha value is -1.79. The highest BCUT2D eigenvalue weighted by Gasteiger charge is 2.29. The normalized spacial score (nSPS) is 19.2. The molecule has 1 aromatic rings. The van der Waals surface area contributed by atoms with Gasteiger partial charge in [-0.25, -0.2) is 8.42 Å². The van der Waals surface area contributed by atoms with E-state index in [0.29, 0.717) is 6.42 Å². The fraction of sp³-hybridized carbons (Fsp3) is 0.364. The van der Waals surface area contributed by atoms with E-state index in [2.05, 4.69) is 5.32 Å². The second kappa shape index (κ2) is 6.76. The van der Waals surface area contributed by atoms with Crippen molar-refractivity contribution in [3.63, 3.8) is 0 Å². The molecule has 1 N–H and O–H groups in total. The van der Waals surface area contributed by atoms with Crippen LogP contribution < -0.4 is 5.32 Å². The van der Waals surface area contributed by atoms with Crippen LogP contribution in [0.4, 0.5) is 11.4 Å². The topological polar surface area (TPSA) is 132 Å². The van der Waals surface area contributed by atoms with Crippen molar-refractivity contribution >= 4 is 49.5 Å². The Morgan fingerprint density at radius 1 is 1.30 bits per heavy atom. The van der Waals surface area contributed by atoms with Crippen molar-refractivity contribution in [1.82, 2.24) is 5.32 Å². The van der Waals surface area contributed by atoms with Gasteiger partial charge in [-0.2, -0.15) is 0 Å². The Bertz CT molecular complexity index is 779. The highest BCUT2D eigenvalue weighted by atomic mass is 32.2. The molecule has 0 bridgehead atoms. The number of hydrogen-bond acceptors (Lipinski definition) is 8. The number of rotatable bonds is 4. The van der Waals surface area contributed by atoms with E-state index in [1.165, 1.54) is 6.07 Å². The predicted molar refractivity (Wildman–Crippen MR) is 88.4 cm³/mol. The van der Waals surface area contributed by atoms with Gasteiger partial charge < -0.3 is 5.32 Å². The molecule has 1 atom stereocenters. The Kier molecular flexibility index (Phi) is 5.16. The van der Waals surface area contributed by atoms with Crippen LogP contribution in [0.2, 0.25) is 0 Å². The molecule has 1 aromatic carbocycles. The summed E-state index contributed by atoms with van der Waals surface area (Å²) in [6.07, 6.45) is 0.422. The van der Waals surface area contributed by atoms with E-state index < -0.39 is 25.4 Å². The molecule has 1 aliphatic heterocycles. The molecule has 2 rings (SSSR count). The van der Waals surface area contributed by atoms with Gasteiger partial charge in [0.2, 0.25) is 0 Å². The van der Waals surface area contributed by atoms with Crippen LogP contribution in [0.1, 0.15) is 6.42 Å². The van der Waals surface area contributed by atoms with Crippen molar-refractivity contribution in [2.45, 2.75) is 17.4 Å². The van der Waals surface area contributed by atoms with Crippen LogP contribution in [0.5, 0.6) is 0 Å². The van der Waals surface area contributed by atoms with Crippen molar-refractivity contribution in [3.8, 4) is 0 Å². The maximum Gasteiger partial charge on any atom is 0.290 e. The molecular weight excluding hydrogens is 366 g/mol. The average molecular weight is 377 g/mol. The Labute approximate surface area is 140 Å². The van der Waals surface area contributed by atoms with Gasteiger partial charge in [-0.05, 0) is 12.5 Å². The number of benzene rings is 1. The number of thioether (sulfide) groups is 1. The quantitative estimate of drug-likeness (QED) is 0.360. The minimum atomic E-state index is -3.07. The van der Waals surface area contributed by atoms with Crippen LogP contribution >= 0.6 is 24.0 Å². The van der Waals surface area contributed by atoms with E-state index >= 15 is 0 Å². The number of hydrogen-bond donors (Lipinski definition) is 1. The molecule has 0 radical (unpaired) electrons. The minimum absolute atomic E-state index is 0.0317. The lowest BCUT2D eigenvalue weighted by atomic mass is 10.3. The number of nitrogens with zero attached hydrogens (tertiary/aromatic N) is 2. The van der Waals surface area contributed by atoms with Gasteiger partial charge in [0.25, 0.3) is 11.4 Å². The molecule has 1 aliphatic rings. The number of nitrogens with one attached hydrogen (secondary N) is 1. The lowest BCUT2D eigenvalue weighted by molar-refractivity contribution is -0.396. The molecule has 0 aliphatic carbocycles. The van der Waals surface area contributed by atoms with Crippen molar-refractivity contribution in [2.75, 3.05) is 11.5 Å². The second-order valence-electron chi connectivity index (χ2n) is 4.80. The summed E-state index contributed by atoms with van der Waals surface area (Å²) in [4.78, 5) is 20.4. The van der Waals surface area contributed by atoms with E-state index in [4.69, 9.17) is 12.2 Å². The van der Waals surface area contributed by atoms with Crippen molar-refractivity contribution in [2.24, 2.45) is 0 Å². The molecule has 12 heteroatoms. The first-order chi connectivity index (χ1) is 10.7. The van der Waals surface area contributed by atoms with Crippen LogP contribution in [0.3, 0.4) is 0 Å². The van der Waals surface area contributed by atoms with Crippen LogP contribution in [0.25, 0.3) is 0 Å². The third-order valence-corrected chi connectivity index (χ3v) is 6.11. The summed E-state index contributed by atoms with van der Waals surface area (Å²) >= 11 is 5.95. The van der Waals surface area contributed by atoms with E-state index in [-0.39, 0.29) is 32.5 Å². The highest BCUT2D eigenvalue weighted by Crippen LogP contribution is 2.33. The number of nitro groups is 2. The Morgan fingerprint density at radius 3 is 2.52 bits per heavy atom. The predicted octanol–water partition coefficient (Wildman–Crippen LogP) is 1.66. The van der Waals surface area contributed by atoms with E-state index in [1.807, 2.05) is 0 Å². The summed E-state index contributed by atoms with van der Waals surface area (Å²) in [6, 6.07) is 2.94. The number of nitro benzene ring substituents is 2. The molecule has 23 heavy (non-hydrogen) atoms. The molecule has 124 valence electrons. The molecular formula is C11H11N3O6S3. The van der Waals surface area contributed by atoms with Gasteiger partial charge >= 0.3 is 0 Å². The standard InChI is InChI=1S/C11H11N3O6S3/c15-13(16)8-1-2-10(9(5-8)14(17)18)22-11(21)12-7-3-4-23(19,20)6-7/h1-2,5,7H,3-4,6H2,(H,12,21)/t7-/m0/s1. The van der Waals surface area contributed by atoms with Crippen molar-refractivity contribution in [3.05, 3.63) is 38.4 Å². The van der Waals surface area contributed by atoms with Crippen LogP contribution in [-0.4, -0.2) is 40.1 Å². The molecule has 0 amide bonds. The molecule has 1 heterocycles. The smallest absolute Gasteiger partial charge is 0.290 e. The van der Waals surface area contributed by atoms with Gasteiger partial charge in [-0.3, -0.25) is 20.2 Å². The zero-order chi connectivity index (χ0) is 17.2. The first-order valence-electron chi connectivity index (χ1n) is 6.29. The molecule has 0 spiro atoms. The van der Waals surface area contributed by atoms with Crippen LogP contribution in [0, 0.1) is 20.2 Å². The van der Waals surface area contributed by atoms with E-state index in [0.717, 1.165) is 23.9 Å². The van der Waals surface area contributed by atoms with Gasteiger partial charge in [-0.15, -0.1) is 0 Å². The lowest BCUT2D eigenvalue weighted by Crippen LogP contribution is -2.32. The van der Waals surface area contributed by atoms with Gasteiger partial charge in [0.15, 0.2) is 9.84 Å². The second-order valence-corrected chi connectivity index (χ2v) is 8.75. The molecule has 0 aromatic heterocycles. The first-order valence-corrected chi connectivity index (χ1v) is 9.34. The van der Waals surface area contributed by atoms with E-state index in [1.54, 1.807) is 0 Å². The Balaban J connectivity index is 2.11. The van der Waals surface area contributed by atoms with Crippen molar-refractivity contribution < 1.29 is 18.3 Å². The summed E-state index contributed by atoms with van der Waals surface area (Å²) in [6.45, 7) is 0. The molecule has 1 saturated heterocycles. The van der Waals surface area contributed by atoms with Gasteiger partial charge in [0, 0.05) is 12.1 Å². The Morgan fingerprint density at radius 2 is 2.00 bits per heavy atom.